The predicted octanol–water partition coefficient (Wildman–Crippen LogP) is 2.17. The molecule has 1 aliphatic rings. The molecule has 1 aromatic carbocycles. The smallest absolute Gasteiger partial charge is 0.179 e. The number of sulfone groups is 1. The first-order chi connectivity index (χ1) is 6.11. The maximum atomic E-state index is 11.7. The number of halogens is 1. The van der Waals surface area contributed by atoms with Gasteiger partial charge in [0.05, 0.1) is 10.6 Å². The van der Waals surface area contributed by atoms with Crippen LogP contribution in [0.2, 0.25) is 0 Å². The maximum Gasteiger partial charge on any atom is 0.179 e. The topological polar surface area (TPSA) is 34.1 Å². The molecule has 0 aromatic heterocycles. The van der Waals surface area contributed by atoms with Crippen LogP contribution in [0.5, 0.6) is 0 Å². The molecule has 1 aliphatic heterocycles. The number of hydrogen-bond donors (Lipinski definition) is 0. The summed E-state index contributed by atoms with van der Waals surface area (Å²) in [6.45, 7) is 0. The highest BCUT2D eigenvalue weighted by Crippen LogP contribution is 2.31. The molecule has 0 aliphatic carbocycles. The summed E-state index contributed by atoms with van der Waals surface area (Å²) in [4.78, 5) is 0.501. The van der Waals surface area contributed by atoms with Crippen LogP contribution in [0.15, 0.2) is 27.6 Å². The number of rotatable bonds is 0. The maximum absolute atomic E-state index is 11.7. The van der Waals surface area contributed by atoms with E-state index in [1.807, 2.05) is 12.1 Å². The molecule has 13 heavy (non-hydrogen) atoms. The normalized spacial score (nSPS) is 19.5. The highest BCUT2D eigenvalue weighted by atomic mass is 79.9. The molecule has 0 N–H and O–H groups in total. The van der Waals surface area contributed by atoms with E-state index >= 15 is 0 Å². The van der Waals surface area contributed by atoms with Crippen molar-refractivity contribution in [2.24, 2.45) is 0 Å². The molecule has 0 spiro atoms. The molecule has 2 rings (SSSR count). The summed E-state index contributed by atoms with van der Waals surface area (Å²) >= 11 is 3.28. The zero-order valence-electron chi connectivity index (χ0n) is 6.96. The van der Waals surface area contributed by atoms with Gasteiger partial charge in [0.15, 0.2) is 9.84 Å². The van der Waals surface area contributed by atoms with Crippen molar-refractivity contribution in [1.82, 2.24) is 0 Å². The largest absolute Gasteiger partial charge is 0.224 e. The number of benzene rings is 1. The highest BCUT2D eigenvalue weighted by molar-refractivity contribution is 9.10. The van der Waals surface area contributed by atoms with E-state index < -0.39 is 9.84 Å². The molecule has 1 heterocycles. The van der Waals surface area contributed by atoms with Crippen molar-refractivity contribution < 1.29 is 8.42 Å². The van der Waals surface area contributed by atoms with Crippen LogP contribution in [0.1, 0.15) is 12.0 Å². The van der Waals surface area contributed by atoms with Gasteiger partial charge in [-0.2, -0.15) is 0 Å². The molecule has 0 bridgehead atoms. The Hall–Kier alpha value is -0.350. The van der Waals surface area contributed by atoms with Crippen molar-refractivity contribution in [3.8, 4) is 0 Å². The minimum Gasteiger partial charge on any atom is -0.224 e. The summed E-state index contributed by atoms with van der Waals surface area (Å²) in [5.41, 5.74) is 0.945. The molecular formula is C9H9BrO2S. The van der Waals surface area contributed by atoms with Gasteiger partial charge in [-0.1, -0.05) is 12.1 Å². The quantitative estimate of drug-likeness (QED) is 0.717. The molecular weight excluding hydrogens is 252 g/mol. The van der Waals surface area contributed by atoms with E-state index in [4.69, 9.17) is 0 Å². The van der Waals surface area contributed by atoms with Gasteiger partial charge in [0.25, 0.3) is 0 Å². The van der Waals surface area contributed by atoms with Crippen molar-refractivity contribution >= 4 is 25.8 Å². The van der Waals surface area contributed by atoms with Crippen LogP contribution in [0.4, 0.5) is 0 Å². The minimum absolute atomic E-state index is 0.280. The Morgan fingerprint density at radius 3 is 2.77 bits per heavy atom. The van der Waals surface area contributed by atoms with Crippen LogP contribution >= 0.6 is 15.9 Å². The Balaban J connectivity index is 2.75. The minimum atomic E-state index is -3.02. The zero-order valence-corrected chi connectivity index (χ0v) is 9.36. The second-order valence-electron chi connectivity index (χ2n) is 3.15. The van der Waals surface area contributed by atoms with Gasteiger partial charge < -0.3 is 0 Å². The molecule has 70 valence electrons. The number of hydrogen-bond acceptors (Lipinski definition) is 2. The first kappa shape index (κ1) is 9.21. The number of fused-ring (bicyclic) bond motifs is 1. The third kappa shape index (κ3) is 1.53. The van der Waals surface area contributed by atoms with E-state index in [-0.39, 0.29) is 5.75 Å². The van der Waals surface area contributed by atoms with Crippen molar-refractivity contribution in [2.45, 2.75) is 17.7 Å². The zero-order chi connectivity index (χ0) is 9.47. The monoisotopic (exact) mass is 260 g/mol. The van der Waals surface area contributed by atoms with Crippen LogP contribution in [0.3, 0.4) is 0 Å². The molecule has 0 atom stereocenters. The molecule has 0 fully saturated rings. The van der Waals surface area contributed by atoms with Crippen LogP contribution in [0, 0.1) is 0 Å². The van der Waals surface area contributed by atoms with Crippen LogP contribution in [-0.2, 0) is 16.3 Å². The average Bonchev–Trinajstić information content (AvgIpc) is 2.02. The van der Waals surface area contributed by atoms with Crippen molar-refractivity contribution in [3.63, 3.8) is 0 Å². The fourth-order valence-corrected chi connectivity index (χ4v) is 4.46. The Bertz CT molecular complexity index is 437. The Labute approximate surface area is 86.0 Å². The summed E-state index contributed by atoms with van der Waals surface area (Å²) < 4.78 is 24.0. The van der Waals surface area contributed by atoms with Gasteiger partial charge in [-0.15, -0.1) is 0 Å². The van der Waals surface area contributed by atoms with Gasteiger partial charge in [0, 0.05) is 4.47 Å². The summed E-state index contributed by atoms with van der Waals surface area (Å²) in [6.07, 6.45) is 1.61. The van der Waals surface area contributed by atoms with Crippen LogP contribution in [0.25, 0.3) is 0 Å². The van der Waals surface area contributed by atoms with Gasteiger partial charge in [-0.3, -0.25) is 0 Å². The Morgan fingerprint density at radius 2 is 2.08 bits per heavy atom. The van der Waals surface area contributed by atoms with E-state index in [0.29, 0.717) is 9.37 Å². The molecule has 0 saturated carbocycles. The van der Waals surface area contributed by atoms with Crippen LogP contribution in [-0.4, -0.2) is 14.2 Å². The lowest BCUT2D eigenvalue weighted by Gasteiger charge is -2.16. The SMILES string of the molecule is O=S1(=O)CCCc2cccc(Br)c21. The first-order valence-corrected chi connectivity index (χ1v) is 6.56. The lowest BCUT2D eigenvalue weighted by molar-refractivity contribution is 0.586. The van der Waals surface area contributed by atoms with Gasteiger partial charge in [0.1, 0.15) is 0 Å². The molecule has 0 unspecified atom stereocenters. The predicted molar refractivity (Wildman–Crippen MR) is 54.5 cm³/mol. The molecule has 0 saturated heterocycles. The van der Waals surface area contributed by atoms with E-state index in [1.54, 1.807) is 6.07 Å². The lowest BCUT2D eigenvalue weighted by atomic mass is 10.1. The second kappa shape index (κ2) is 3.10. The summed E-state index contributed by atoms with van der Waals surface area (Å²) in [6, 6.07) is 5.54. The van der Waals surface area contributed by atoms with Gasteiger partial charge in [-0.25, -0.2) is 8.42 Å². The Morgan fingerprint density at radius 1 is 1.31 bits per heavy atom. The summed E-state index contributed by atoms with van der Waals surface area (Å²) in [7, 11) is -3.02. The van der Waals surface area contributed by atoms with E-state index in [1.165, 1.54) is 0 Å². The third-order valence-electron chi connectivity index (χ3n) is 2.22. The Kier molecular flexibility index (Phi) is 2.20. The fraction of sp³-hybridized carbons (Fsp3) is 0.333. The summed E-state index contributed by atoms with van der Waals surface area (Å²) in [5, 5.41) is 0. The fourth-order valence-electron chi connectivity index (χ4n) is 1.65. The molecule has 1 aromatic rings. The molecule has 2 nitrogen and oxygen atoms in total. The first-order valence-electron chi connectivity index (χ1n) is 4.11. The third-order valence-corrected chi connectivity index (χ3v) is 5.07. The molecule has 0 amide bonds. The molecule has 4 heteroatoms. The van der Waals surface area contributed by atoms with Gasteiger partial charge in [-0.05, 0) is 40.4 Å². The summed E-state index contributed by atoms with van der Waals surface area (Å²) in [5.74, 6) is 0.280. The van der Waals surface area contributed by atoms with E-state index in [0.717, 1.165) is 18.4 Å². The van der Waals surface area contributed by atoms with Crippen molar-refractivity contribution in [3.05, 3.63) is 28.2 Å². The van der Waals surface area contributed by atoms with Crippen molar-refractivity contribution in [2.75, 3.05) is 5.75 Å². The average molecular weight is 261 g/mol. The van der Waals surface area contributed by atoms with E-state index in [2.05, 4.69) is 15.9 Å². The number of aryl methyl sites for hydroxylation is 1. The standard InChI is InChI=1S/C9H9BrO2S/c10-8-5-1-3-7-4-2-6-13(11,12)9(7)8/h1,3,5H,2,4,6H2. The lowest BCUT2D eigenvalue weighted by Crippen LogP contribution is -2.16. The van der Waals surface area contributed by atoms with Gasteiger partial charge in [0.2, 0.25) is 0 Å². The van der Waals surface area contributed by atoms with Gasteiger partial charge >= 0.3 is 0 Å². The second-order valence-corrected chi connectivity index (χ2v) is 6.05. The molecule has 0 radical (unpaired) electrons. The van der Waals surface area contributed by atoms with Crippen LogP contribution < -0.4 is 0 Å². The highest BCUT2D eigenvalue weighted by Gasteiger charge is 2.25. The van der Waals surface area contributed by atoms with Crippen molar-refractivity contribution in [1.29, 1.82) is 0 Å². The van der Waals surface area contributed by atoms with E-state index in [9.17, 15) is 8.42 Å².